The van der Waals surface area contributed by atoms with E-state index in [-0.39, 0.29) is 0 Å². The third-order valence-corrected chi connectivity index (χ3v) is 3.31. The molecule has 6 heteroatoms. The number of pyridine rings is 1. The molecule has 3 aromatic heterocycles. The van der Waals surface area contributed by atoms with Crippen molar-refractivity contribution in [2.45, 2.75) is 0 Å². The molecule has 3 rings (SSSR count). The quantitative estimate of drug-likeness (QED) is 0.690. The fourth-order valence-electron chi connectivity index (χ4n) is 1.73. The fraction of sp³-hybridized carbons (Fsp3) is 0. The lowest BCUT2D eigenvalue weighted by Gasteiger charge is -2.03. The predicted octanol–water partition coefficient (Wildman–Crippen LogP) is 2.00. The number of hydrogen-bond donors (Lipinski definition) is 1. The molecule has 0 aliphatic carbocycles. The first-order valence-corrected chi connectivity index (χ1v) is 6.02. The van der Waals surface area contributed by atoms with Crippen molar-refractivity contribution in [1.29, 1.82) is 0 Å². The molecule has 3 heterocycles. The van der Waals surface area contributed by atoms with E-state index in [1.165, 1.54) is 6.33 Å². The van der Waals surface area contributed by atoms with Gasteiger partial charge in [0, 0.05) is 16.0 Å². The molecule has 84 valence electrons. The van der Waals surface area contributed by atoms with Crippen molar-refractivity contribution in [3.05, 3.63) is 40.6 Å². The van der Waals surface area contributed by atoms with Crippen LogP contribution in [-0.4, -0.2) is 19.5 Å². The molecule has 0 fully saturated rings. The number of anilines is 1. The minimum absolute atomic E-state index is 0.502. The van der Waals surface area contributed by atoms with E-state index in [2.05, 4.69) is 37.5 Å². The lowest BCUT2D eigenvalue weighted by Crippen LogP contribution is -1.97. The van der Waals surface area contributed by atoms with E-state index < -0.39 is 0 Å². The van der Waals surface area contributed by atoms with E-state index in [9.17, 15) is 0 Å². The highest BCUT2D eigenvalue weighted by Gasteiger charge is 2.12. The minimum atomic E-state index is 0.502. The molecular weight excluding hydrogens is 329 g/mol. The van der Waals surface area contributed by atoms with Crippen molar-refractivity contribution < 1.29 is 0 Å². The maximum absolute atomic E-state index is 5.86. The first-order chi connectivity index (χ1) is 8.27. The average Bonchev–Trinajstić information content (AvgIpc) is 2.69. The van der Waals surface area contributed by atoms with Crippen molar-refractivity contribution in [2.75, 3.05) is 5.73 Å². The van der Waals surface area contributed by atoms with Crippen LogP contribution in [-0.2, 0) is 0 Å². The van der Waals surface area contributed by atoms with E-state index in [4.69, 9.17) is 5.73 Å². The normalized spacial score (nSPS) is 10.9. The Bertz CT molecular complexity index is 677. The van der Waals surface area contributed by atoms with Crippen molar-refractivity contribution in [2.24, 2.45) is 0 Å². The summed E-state index contributed by atoms with van der Waals surface area (Å²) in [6.07, 6.45) is 6.98. The summed E-state index contributed by atoms with van der Waals surface area (Å²) in [7, 11) is 0. The van der Waals surface area contributed by atoms with Crippen LogP contribution in [0.25, 0.3) is 16.7 Å². The van der Waals surface area contributed by atoms with Gasteiger partial charge in [-0.15, -0.1) is 0 Å². The van der Waals surface area contributed by atoms with E-state index in [0.717, 1.165) is 20.3 Å². The van der Waals surface area contributed by atoms with Crippen molar-refractivity contribution in [3.63, 3.8) is 0 Å². The van der Waals surface area contributed by atoms with Gasteiger partial charge in [0.15, 0.2) is 5.65 Å². The van der Waals surface area contributed by atoms with Gasteiger partial charge in [-0.3, -0.25) is 9.55 Å². The van der Waals surface area contributed by atoms with Gasteiger partial charge in [0.1, 0.15) is 12.1 Å². The Morgan fingerprint density at radius 2 is 2.18 bits per heavy atom. The topological polar surface area (TPSA) is 69.6 Å². The molecule has 0 spiro atoms. The first kappa shape index (κ1) is 10.5. The molecule has 17 heavy (non-hydrogen) atoms. The van der Waals surface area contributed by atoms with Gasteiger partial charge in [0.2, 0.25) is 0 Å². The van der Waals surface area contributed by atoms with E-state index in [1.54, 1.807) is 12.4 Å². The summed E-state index contributed by atoms with van der Waals surface area (Å²) in [4.78, 5) is 12.4. The van der Waals surface area contributed by atoms with Crippen LogP contribution in [0, 0.1) is 3.57 Å². The summed E-state index contributed by atoms with van der Waals surface area (Å²) < 4.78 is 2.99. The van der Waals surface area contributed by atoms with E-state index >= 15 is 0 Å². The Morgan fingerprint density at radius 1 is 1.29 bits per heavy atom. The number of hydrogen-bond acceptors (Lipinski definition) is 4. The smallest absolute Gasteiger partial charge is 0.151 e. The fourth-order valence-corrected chi connectivity index (χ4v) is 2.53. The highest BCUT2D eigenvalue weighted by Crippen LogP contribution is 2.27. The molecule has 0 amide bonds. The van der Waals surface area contributed by atoms with Crippen LogP contribution in [0.4, 0.5) is 5.82 Å². The summed E-state index contributed by atoms with van der Waals surface area (Å²) in [6.45, 7) is 0. The van der Waals surface area contributed by atoms with Crippen molar-refractivity contribution in [3.8, 4) is 5.69 Å². The Labute approximate surface area is 111 Å². The molecule has 0 radical (unpaired) electrons. The molecule has 0 atom stereocenters. The van der Waals surface area contributed by atoms with Crippen molar-refractivity contribution >= 4 is 39.4 Å². The number of fused-ring (bicyclic) bond motifs is 1. The third kappa shape index (κ3) is 1.64. The Hall–Kier alpha value is -1.70. The Balaban J connectivity index is 2.36. The monoisotopic (exact) mass is 337 g/mol. The molecule has 0 saturated carbocycles. The van der Waals surface area contributed by atoms with Crippen LogP contribution in [0.5, 0.6) is 0 Å². The zero-order chi connectivity index (χ0) is 11.8. The summed E-state index contributed by atoms with van der Waals surface area (Å²) >= 11 is 2.23. The third-order valence-electron chi connectivity index (χ3n) is 2.49. The van der Waals surface area contributed by atoms with Gasteiger partial charge in [-0.1, -0.05) is 0 Å². The Morgan fingerprint density at radius 3 is 2.94 bits per heavy atom. The van der Waals surface area contributed by atoms with Gasteiger partial charge in [-0.2, -0.15) is 0 Å². The lowest BCUT2D eigenvalue weighted by atomic mass is 10.4. The number of aromatic nitrogens is 4. The zero-order valence-electron chi connectivity index (χ0n) is 8.71. The number of nitrogens with two attached hydrogens (primary N) is 1. The van der Waals surface area contributed by atoms with Gasteiger partial charge in [0.05, 0.1) is 17.3 Å². The van der Waals surface area contributed by atoms with Gasteiger partial charge < -0.3 is 5.73 Å². The maximum Gasteiger partial charge on any atom is 0.151 e. The zero-order valence-corrected chi connectivity index (χ0v) is 10.9. The molecule has 0 aliphatic heterocycles. The van der Waals surface area contributed by atoms with E-state index in [1.807, 2.05) is 22.9 Å². The second-order valence-electron chi connectivity index (χ2n) is 3.52. The standard InChI is InChI=1S/C11H8IN5/c12-8-5-17(7-2-1-3-14-4-7)11-9(8)10(13)15-6-16-11/h1-6H,(H2,13,15,16). The second-order valence-corrected chi connectivity index (χ2v) is 4.68. The number of nitrogen functional groups attached to an aromatic ring is 1. The molecule has 3 aromatic rings. The van der Waals surface area contributed by atoms with Gasteiger partial charge in [-0.05, 0) is 34.7 Å². The van der Waals surface area contributed by atoms with Gasteiger partial charge >= 0.3 is 0 Å². The highest BCUT2D eigenvalue weighted by atomic mass is 127. The number of halogens is 1. The predicted molar refractivity (Wildman–Crippen MR) is 73.8 cm³/mol. The van der Waals surface area contributed by atoms with Crippen molar-refractivity contribution in [1.82, 2.24) is 19.5 Å². The average molecular weight is 337 g/mol. The summed E-state index contributed by atoms with van der Waals surface area (Å²) in [6, 6.07) is 3.86. The summed E-state index contributed by atoms with van der Waals surface area (Å²) in [5.41, 5.74) is 7.62. The lowest BCUT2D eigenvalue weighted by molar-refractivity contribution is 1.06. The van der Waals surface area contributed by atoms with Crippen LogP contribution in [0.3, 0.4) is 0 Å². The second kappa shape index (κ2) is 3.95. The van der Waals surface area contributed by atoms with Gasteiger partial charge in [0.25, 0.3) is 0 Å². The number of nitrogens with zero attached hydrogens (tertiary/aromatic N) is 4. The van der Waals surface area contributed by atoms with Crippen LogP contribution < -0.4 is 5.73 Å². The highest BCUT2D eigenvalue weighted by molar-refractivity contribution is 14.1. The molecule has 0 bridgehead atoms. The molecule has 0 aromatic carbocycles. The molecule has 0 aliphatic rings. The summed E-state index contributed by atoms with van der Waals surface area (Å²) in [5.74, 6) is 0.502. The van der Waals surface area contributed by atoms with Crippen LogP contribution in [0.2, 0.25) is 0 Å². The molecule has 0 saturated heterocycles. The van der Waals surface area contributed by atoms with Gasteiger partial charge in [-0.25, -0.2) is 9.97 Å². The molecular formula is C11H8IN5. The first-order valence-electron chi connectivity index (χ1n) is 4.95. The van der Waals surface area contributed by atoms with Crippen LogP contribution >= 0.6 is 22.6 Å². The van der Waals surface area contributed by atoms with E-state index in [0.29, 0.717) is 5.82 Å². The SMILES string of the molecule is Nc1ncnc2c1c(I)cn2-c1cccnc1. The number of rotatable bonds is 1. The summed E-state index contributed by atoms with van der Waals surface area (Å²) in [5, 5.41) is 0.886. The molecule has 0 unspecified atom stereocenters. The van der Waals surface area contributed by atoms with Crippen LogP contribution in [0.1, 0.15) is 0 Å². The maximum atomic E-state index is 5.86. The minimum Gasteiger partial charge on any atom is -0.383 e. The molecule has 5 nitrogen and oxygen atoms in total. The Kier molecular flexibility index (Phi) is 2.43. The van der Waals surface area contributed by atoms with Crippen LogP contribution in [0.15, 0.2) is 37.1 Å². The molecule has 2 N–H and O–H groups in total. The largest absolute Gasteiger partial charge is 0.383 e.